The van der Waals surface area contributed by atoms with E-state index in [0.717, 1.165) is 0 Å². The van der Waals surface area contributed by atoms with Crippen LogP contribution in [-0.4, -0.2) is 28.2 Å². The molecule has 2 heterocycles. The molecule has 3 aromatic rings. The zero-order valence-corrected chi connectivity index (χ0v) is 20.0. The van der Waals surface area contributed by atoms with Crippen LogP contribution in [0.25, 0.3) is 0 Å². The second kappa shape index (κ2) is 8.14. The first-order valence-electron chi connectivity index (χ1n) is 10.5. The molecule has 0 spiro atoms. The van der Waals surface area contributed by atoms with Gasteiger partial charge in [-0.05, 0) is 54.8 Å². The van der Waals surface area contributed by atoms with Gasteiger partial charge in [-0.3, -0.25) is 9.78 Å². The van der Waals surface area contributed by atoms with Gasteiger partial charge in [-0.2, -0.15) is 5.26 Å². The second-order valence-electron chi connectivity index (χ2n) is 8.55. The van der Waals surface area contributed by atoms with Crippen molar-refractivity contribution in [2.75, 3.05) is 6.61 Å². The lowest BCUT2D eigenvalue weighted by molar-refractivity contribution is -0.217. The van der Waals surface area contributed by atoms with Crippen LogP contribution in [0, 0.1) is 11.3 Å². The number of pyridine rings is 1. The number of alkyl halides is 1. The highest BCUT2D eigenvalue weighted by molar-refractivity contribution is 9.10. The third-order valence-corrected chi connectivity index (χ3v) is 7.02. The van der Waals surface area contributed by atoms with E-state index < -0.39 is 22.9 Å². The molecule has 1 fully saturated rings. The van der Waals surface area contributed by atoms with Gasteiger partial charge in [-0.1, -0.05) is 45.7 Å². The number of aliphatic hydroxyl groups is 1. The summed E-state index contributed by atoms with van der Waals surface area (Å²) in [5, 5.41) is 22.9. The van der Waals surface area contributed by atoms with Crippen LogP contribution in [0.4, 0.5) is 4.39 Å². The molecule has 1 aliphatic heterocycles. The average molecular weight is 543 g/mol. The van der Waals surface area contributed by atoms with Crippen molar-refractivity contribution in [1.29, 1.82) is 5.26 Å². The molecule has 0 saturated heterocycles. The second-order valence-corrected chi connectivity index (χ2v) is 9.91. The van der Waals surface area contributed by atoms with E-state index in [9.17, 15) is 15.2 Å². The molecule has 9 heteroatoms. The number of nitriles is 1. The fraction of sp³-hybridized carbons (Fsp3) is 0.240. The molecule has 1 amide bonds. The summed E-state index contributed by atoms with van der Waals surface area (Å²) in [5.74, 6) is -3.24. The van der Waals surface area contributed by atoms with Gasteiger partial charge in [0.15, 0.2) is 5.54 Å². The lowest BCUT2D eigenvalue weighted by atomic mass is 9.76. The Morgan fingerprint density at radius 1 is 1.24 bits per heavy atom. The molecule has 1 aromatic heterocycles. The summed E-state index contributed by atoms with van der Waals surface area (Å²) in [6, 6.07) is 16.2. The van der Waals surface area contributed by atoms with Gasteiger partial charge in [0.25, 0.3) is 11.8 Å². The molecule has 2 atom stereocenters. The zero-order chi connectivity index (χ0) is 24.1. The highest BCUT2D eigenvalue weighted by atomic mass is 79.9. The van der Waals surface area contributed by atoms with Crippen LogP contribution < -0.4 is 5.32 Å². The number of nitrogens with zero attached hydrogens (tertiary/aromatic N) is 2. The number of hydrogen-bond donors (Lipinski definition) is 2. The Hall–Kier alpha value is -2.83. The minimum atomic E-state index is -2.75. The number of halogens is 3. The van der Waals surface area contributed by atoms with Crippen molar-refractivity contribution in [1.82, 2.24) is 10.3 Å². The Morgan fingerprint density at radius 2 is 1.97 bits per heavy atom. The topological polar surface area (TPSA) is 95.2 Å². The molecule has 6 nitrogen and oxygen atoms in total. The van der Waals surface area contributed by atoms with E-state index >= 15 is 4.39 Å². The SMILES string of the molecule is N#Cc1ccc(C(F)(OCC2(O)CC2)C2(c3ccc(Cl)cc3)NC(=O)c3cc(Br)ccc32)nc1. The van der Waals surface area contributed by atoms with Crippen LogP contribution in [0.5, 0.6) is 0 Å². The molecule has 0 bridgehead atoms. The van der Waals surface area contributed by atoms with Crippen molar-refractivity contribution in [3.05, 3.63) is 98.2 Å². The standard InChI is InChI=1S/C25H18BrClFN3O3/c26-17-4-7-20-19(11-17)22(32)31-24(20,16-2-5-18(27)6-3-16)25(28,34-14-23(33)9-10-23)21-8-1-15(12-29)13-30-21/h1-8,11,13,33H,9-10,14H2,(H,31,32). The number of carbonyl (C=O) groups excluding carboxylic acids is 1. The van der Waals surface area contributed by atoms with Gasteiger partial charge in [0, 0.05) is 26.8 Å². The number of fused-ring (bicyclic) bond motifs is 1. The molecule has 1 saturated carbocycles. The molecule has 34 heavy (non-hydrogen) atoms. The summed E-state index contributed by atoms with van der Waals surface area (Å²) in [6.07, 6.45) is 2.20. The Bertz CT molecular complexity index is 1320. The van der Waals surface area contributed by atoms with Crippen molar-refractivity contribution < 1.29 is 19.0 Å². The summed E-state index contributed by atoms with van der Waals surface area (Å²) in [5.41, 5.74) is -1.90. The minimum Gasteiger partial charge on any atom is -0.387 e. The number of hydrogen-bond acceptors (Lipinski definition) is 5. The molecular weight excluding hydrogens is 525 g/mol. The van der Waals surface area contributed by atoms with Gasteiger partial charge in [0.05, 0.1) is 17.8 Å². The quantitative estimate of drug-likeness (QED) is 0.470. The number of aromatic nitrogens is 1. The number of rotatable bonds is 6. The van der Waals surface area contributed by atoms with E-state index in [1.54, 1.807) is 42.5 Å². The maximum atomic E-state index is 17.7. The molecular formula is C25H18BrClFN3O3. The Kier molecular flexibility index (Phi) is 5.49. The van der Waals surface area contributed by atoms with Gasteiger partial charge < -0.3 is 15.2 Å². The fourth-order valence-electron chi connectivity index (χ4n) is 4.25. The third kappa shape index (κ3) is 3.60. The van der Waals surface area contributed by atoms with Crippen molar-refractivity contribution in [2.24, 2.45) is 0 Å². The molecule has 5 rings (SSSR count). The van der Waals surface area contributed by atoms with E-state index in [4.69, 9.17) is 16.3 Å². The van der Waals surface area contributed by atoms with E-state index in [0.29, 0.717) is 33.5 Å². The van der Waals surface area contributed by atoms with Gasteiger partial charge >= 0.3 is 0 Å². The summed E-state index contributed by atoms with van der Waals surface area (Å²) >= 11 is 9.49. The van der Waals surface area contributed by atoms with E-state index in [2.05, 4.69) is 26.2 Å². The lowest BCUT2D eigenvalue weighted by Crippen LogP contribution is -2.57. The zero-order valence-electron chi connectivity index (χ0n) is 17.7. The van der Waals surface area contributed by atoms with Crippen molar-refractivity contribution in [2.45, 2.75) is 29.8 Å². The van der Waals surface area contributed by atoms with Crippen molar-refractivity contribution >= 4 is 33.4 Å². The normalized spacial score (nSPS) is 21.8. The largest absolute Gasteiger partial charge is 0.387 e. The molecule has 2 N–H and O–H groups in total. The number of amides is 1. The Balaban J connectivity index is 1.79. The molecule has 2 unspecified atom stereocenters. The smallest absolute Gasteiger partial charge is 0.284 e. The van der Waals surface area contributed by atoms with Crippen LogP contribution in [-0.2, 0) is 16.1 Å². The number of nitrogens with one attached hydrogen (secondary N) is 1. The first-order chi connectivity index (χ1) is 16.2. The number of carbonyl (C=O) groups is 1. The summed E-state index contributed by atoms with van der Waals surface area (Å²) in [7, 11) is 0. The molecule has 2 aromatic carbocycles. The van der Waals surface area contributed by atoms with Crippen LogP contribution in [0.3, 0.4) is 0 Å². The number of benzene rings is 2. The summed E-state index contributed by atoms with van der Waals surface area (Å²) in [4.78, 5) is 17.4. The fourth-order valence-corrected chi connectivity index (χ4v) is 4.74. The highest BCUT2D eigenvalue weighted by Crippen LogP contribution is 2.53. The summed E-state index contributed by atoms with van der Waals surface area (Å²) < 4.78 is 24.2. The van der Waals surface area contributed by atoms with Crippen LogP contribution in [0.1, 0.15) is 45.6 Å². The summed E-state index contributed by atoms with van der Waals surface area (Å²) in [6.45, 7) is -0.303. The van der Waals surface area contributed by atoms with Crippen molar-refractivity contribution in [3.63, 3.8) is 0 Å². The molecule has 0 radical (unpaired) electrons. The van der Waals surface area contributed by atoms with Crippen LogP contribution in [0.15, 0.2) is 65.3 Å². The Morgan fingerprint density at radius 3 is 2.59 bits per heavy atom. The van der Waals surface area contributed by atoms with E-state index in [1.165, 1.54) is 18.3 Å². The highest BCUT2D eigenvalue weighted by Gasteiger charge is 2.64. The van der Waals surface area contributed by atoms with Gasteiger partial charge in [-0.15, -0.1) is 0 Å². The van der Waals surface area contributed by atoms with Crippen molar-refractivity contribution in [3.8, 4) is 6.07 Å². The predicted molar refractivity (Wildman–Crippen MR) is 126 cm³/mol. The molecule has 172 valence electrons. The maximum Gasteiger partial charge on any atom is 0.284 e. The Labute approximate surface area is 208 Å². The average Bonchev–Trinajstić information content (AvgIpc) is 3.51. The van der Waals surface area contributed by atoms with Gasteiger partial charge in [0.1, 0.15) is 11.8 Å². The van der Waals surface area contributed by atoms with E-state index in [1.807, 2.05) is 6.07 Å². The van der Waals surface area contributed by atoms with Gasteiger partial charge in [0.2, 0.25) is 0 Å². The third-order valence-electron chi connectivity index (χ3n) is 6.28. The molecule has 2 aliphatic rings. The maximum absolute atomic E-state index is 17.7. The molecule has 1 aliphatic carbocycles. The predicted octanol–water partition coefficient (Wildman–Crippen LogP) is 4.72. The van der Waals surface area contributed by atoms with Crippen LogP contribution >= 0.6 is 27.5 Å². The van der Waals surface area contributed by atoms with Crippen LogP contribution in [0.2, 0.25) is 5.02 Å². The first kappa shape index (κ1) is 22.9. The van der Waals surface area contributed by atoms with E-state index in [-0.39, 0.29) is 23.4 Å². The lowest BCUT2D eigenvalue weighted by Gasteiger charge is -2.43. The number of ether oxygens (including phenoxy) is 1. The monoisotopic (exact) mass is 541 g/mol. The minimum absolute atomic E-state index is 0.151. The first-order valence-corrected chi connectivity index (χ1v) is 11.7. The van der Waals surface area contributed by atoms with Gasteiger partial charge in [-0.25, -0.2) is 4.39 Å².